The van der Waals surface area contributed by atoms with Crippen molar-refractivity contribution in [1.82, 2.24) is 0 Å². The summed E-state index contributed by atoms with van der Waals surface area (Å²) >= 11 is 0. The SMILES string of the molecule is Oc1ccc(N=Nc2ccc(Oc3ccccc3)cc2)c2ccccc12. The highest BCUT2D eigenvalue weighted by molar-refractivity contribution is 5.96. The predicted molar refractivity (Wildman–Crippen MR) is 103 cm³/mol. The number of rotatable bonds is 4. The third-order valence-corrected chi connectivity index (χ3v) is 3.97. The molecule has 0 heterocycles. The van der Waals surface area contributed by atoms with Crippen LogP contribution in [0.1, 0.15) is 0 Å². The van der Waals surface area contributed by atoms with Gasteiger partial charge in [0.25, 0.3) is 0 Å². The van der Waals surface area contributed by atoms with E-state index in [0.29, 0.717) is 5.69 Å². The lowest BCUT2D eigenvalue weighted by molar-refractivity contribution is 0.481. The molecule has 0 spiro atoms. The molecule has 1 N–H and O–H groups in total. The molecular formula is C22H16N2O2. The molecule has 4 nitrogen and oxygen atoms in total. The first-order chi connectivity index (χ1) is 12.8. The zero-order valence-corrected chi connectivity index (χ0v) is 13.9. The Morgan fingerprint density at radius 2 is 1.23 bits per heavy atom. The Balaban J connectivity index is 1.55. The van der Waals surface area contributed by atoms with Crippen molar-refractivity contribution in [3.8, 4) is 17.2 Å². The molecule has 0 bridgehead atoms. The lowest BCUT2D eigenvalue weighted by Crippen LogP contribution is -1.82. The van der Waals surface area contributed by atoms with Gasteiger partial charge in [0.2, 0.25) is 0 Å². The molecule has 0 unspecified atom stereocenters. The molecule has 4 rings (SSSR count). The van der Waals surface area contributed by atoms with E-state index in [1.807, 2.05) is 78.9 Å². The van der Waals surface area contributed by atoms with Crippen molar-refractivity contribution >= 4 is 22.1 Å². The minimum absolute atomic E-state index is 0.238. The summed E-state index contributed by atoms with van der Waals surface area (Å²) in [7, 11) is 0. The van der Waals surface area contributed by atoms with Gasteiger partial charge in [-0.2, -0.15) is 5.11 Å². The van der Waals surface area contributed by atoms with Crippen molar-refractivity contribution in [3.05, 3.63) is 91.0 Å². The Kier molecular flexibility index (Phi) is 4.31. The van der Waals surface area contributed by atoms with Crippen LogP contribution < -0.4 is 4.74 Å². The molecule has 126 valence electrons. The van der Waals surface area contributed by atoms with Crippen LogP contribution in [0.3, 0.4) is 0 Å². The molecular weight excluding hydrogens is 324 g/mol. The summed E-state index contributed by atoms with van der Waals surface area (Å²) in [6, 6.07) is 28.0. The average Bonchev–Trinajstić information content (AvgIpc) is 2.70. The standard InChI is InChI=1S/C22H16N2O2/c25-22-15-14-21(19-8-4-5-9-20(19)22)24-23-16-10-12-18(13-11-16)26-17-6-2-1-3-7-17/h1-15,25H. The summed E-state index contributed by atoms with van der Waals surface area (Å²) in [6.07, 6.45) is 0. The van der Waals surface area contributed by atoms with E-state index in [4.69, 9.17) is 4.74 Å². The van der Waals surface area contributed by atoms with E-state index in [9.17, 15) is 5.11 Å². The van der Waals surface area contributed by atoms with Crippen molar-refractivity contribution in [2.24, 2.45) is 10.2 Å². The number of aromatic hydroxyl groups is 1. The van der Waals surface area contributed by atoms with Crippen molar-refractivity contribution in [2.75, 3.05) is 0 Å². The number of fused-ring (bicyclic) bond motifs is 1. The van der Waals surface area contributed by atoms with Crippen LogP contribution in [-0.2, 0) is 0 Å². The number of ether oxygens (including phenoxy) is 1. The van der Waals surface area contributed by atoms with Gasteiger partial charge in [-0.1, -0.05) is 42.5 Å². The van der Waals surface area contributed by atoms with E-state index in [1.165, 1.54) is 0 Å². The summed E-state index contributed by atoms with van der Waals surface area (Å²) in [5.74, 6) is 1.77. The fourth-order valence-electron chi connectivity index (χ4n) is 2.67. The van der Waals surface area contributed by atoms with Gasteiger partial charge >= 0.3 is 0 Å². The number of hydrogen-bond acceptors (Lipinski definition) is 4. The molecule has 0 aliphatic carbocycles. The summed E-state index contributed by atoms with van der Waals surface area (Å²) in [5.41, 5.74) is 1.44. The molecule has 0 saturated carbocycles. The van der Waals surface area contributed by atoms with Gasteiger partial charge in [0.1, 0.15) is 17.2 Å². The van der Waals surface area contributed by atoms with Crippen LogP contribution in [0.5, 0.6) is 17.2 Å². The van der Waals surface area contributed by atoms with Crippen LogP contribution in [-0.4, -0.2) is 5.11 Å². The summed E-state index contributed by atoms with van der Waals surface area (Å²) in [5, 5.41) is 20.2. The number of azo groups is 1. The molecule has 0 aliphatic rings. The van der Waals surface area contributed by atoms with Crippen molar-refractivity contribution < 1.29 is 9.84 Å². The molecule has 4 heteroatoms. The molecule has 0 aromatic heterocycles. The number of nitrogens with zero attached hydrogens (tertiary/aromatic N) is 2. The monoisotopic (exact) mass is 340 g/mol. The van der Waals surface area contributed by atoms with E-state index in [0.717, 1.165) is 28.0 Å². The Morgan fingerprint density at radius 3 is 2.00 bits per heavy atom. The topological polar surface area (TPSA) is 54.2 Å². The first kappa shape index (κ1) is 15.8. The molecule has 0 aliphatic heterocycles. The molecule has 0 saturated heterocycles. The first-order valence-corrected chi connectivity index (χ1v) is 8.25. The van der Waals surface area contributed by atoms with Gasteiger partial charge in [-0.15, -0.1) is 5.11 Å². The van der Waals surface area contributed by atoms with Gasteiger partial charge in [-0.3, -0.25) is 0 Å². The molecule has 26 heavy (non-hydrogen) atoms. The van der Waals surface area contributed by atoms with Gasteiger partial charge in [-0.25, -0.2) is 0 Å². The average molecular weight is 340 g/mol. The Labute approximate surface area is 151 Å². The van der Waals surface area contributed by atoms with Crippen LogP contribution >= 0.6 is 0 Å². The third-order valence-electron chi connectivity index (χ3n) is 3.97. The van der Waals surface area contributed by atoms with Gasteiger partial charge in [0, 0.05) is 10.8 Å². The molecule has 0 amide bonds. The molecule has 0 fully saturated rings. The zero-order valence-electron chi connectivity index (χ0n) is 13.9. The van der Waals surface area contributed by atoms with Gasteiger partial charge in [0.15, 0.2) is 0 Å². The van der Waals surface area contributed by atoms with Crippen LogP contribution in [0.4, 0.5) is 11.4 Å². The van der Waals surface area contributed by atoms with Crippen molar-refractivity contribution in [2.45, 2.75) is 0 Å². The molecule has 4 aromatic rings. The van der Waals surface area contributed by atoms with E-state index >= 15 is 0 Å². The van der Waals surface area contributed by atoms with Crippen molar-refractivity contribution in [1.29, 1.82) is 0 Å². The second-order valence-electron chi connectivity index (χ2n) is 5.76. The maximum Gasteiger partial charge on any atom is 0.127 e. The van der Waals surface area contributed by atoms with E-state index in [2.05, 4.69) is 10.2 Å². The maximum atomic E-state index is 9.95. The minimum Gasteiger partial charge on any atom is -0.507 e. The van der Waals surface area contributed by atoms with Crippen LogP contribution in [0.2, 0.25) is 0 Å². The zero-order chi connectivity index (χ0) is 17.8. The van der Waals surface area contributed by atoms with Crippen molar-refractivity contribution in [3.63, 3.8) is 0 Å². The molecule has 4 aromatic carbocycles. The highest BCUT2D eigenvalue weighted by Crippen LogP contribution is 2.33. The lowest BCUT2D eigenvalue weighted by atomic mass is 10.1. The number of hydrogen-bond donors (Lipinski definition) is 1. The molecule has 0 radical (unpaired) electrons. The van der Waals surface area contributed by atoms with Crippen LogP contribution in [0.15, 0.2) is 101 Å². The van der Waals surface area contributed by atoms with E-state index in [-0.39, 0.29) is 5.75 Å². The Hall–Kier alpha value is -3.66. The van der Waals surface area contributed by atoms with E-state index < -0.39 is 0 Å². The van der Waals surface area contributed by atoms with Gasteiger partial charge in [-0.05, 0) is 48.5 Å². The summed E-state index contributed by atoms with van der Waals surface area (Å²) < 4.78 is 5.77. The summed E-state index contributed by atoms with van der Waals surface area (Å²) in [6.45, 7) is 0. The highest BCUT2D eigenvalue weighted by Gasteiger charge is 2.04. The Bertz CT molecular complexity index is 1060. The minimum atomic E-state index is 0.238. The van der Waals surface area contributed by atoms with Crippen LogP contribution in [0.25, 0.3) is 10.8 Å². The van der Waals surface area contributed by atoms with Gasteiger partial charge in [0.05, 0.1) is 11.4 Å². The quantitative estimate of drug-likeness (QED) is 0.418. The number of phenolic OH excluding ortho intramolecular Hbond substituents is 1. The Morgan fingerprint density at radius 1 is 0.577 bits per heavy atom. The molecule has 0 atom stereocenters. The number of benzene rings is 4. The fourth-order valence-corrected chi connectivity index (χ4v) is 2.67. The fraction of sp³-hybridized carbons (Fsp3) is 0. The second kappa shape index (κ2) is 7.07. The van der Waals surface area contributed by atoms with Crippen LogP contribution in [0, 0.1) is 0 Å². The number of para-hydroxylation sites is 1. The second-order valence-corrected chi connectivity index (χ2v) is 5.76. The van der Waals surface area contributed by atoms with Gasteiger partial charge < -0.3 is 9.84 Å². The maximum absolute atomic E-state index is 9.95. The normalized spacial score (nSPS) is 11.1. The predicted octanol–water partition coefficient (Wildman–Crippen LogP) is 6.75. The summed E-state index contributed by atoms with van der Waals surface area (Å²) in [4.78, 5) is 0. The smallest absolute Gasteiger partial charge is 0.127 e. The van der Waals surface area contributed by atoms with E-state index in [1.54, 1.807) is 12.1 Å². The number of phenols is 1. The lowest BCUT2D eigenvalue weighted by Gasteiger charge is -2.05. The largest absolute Gasteiger partial charge is 0.507 e. The first-order valence-electron chi connectivity index (χ1n) is 8.25. The highest BCUT2D eigenvalue weighted by atomic mass is 16.5. The third kappa shape index (κ3) is 3.39.